The van der Waals surface area contributed by atoms with Gasteiger partial charge in [-0.3, -0.25) is 10.1 Å². The zero-order chi connectivity index (χ0) is 13.0. The molecule has 0 fully saturated rings. The van der Waals surface area contributed by atoms with Gasteiger partial charge < -0.3 is 5.32 Å². The summed E-state index contributed by atoms with van der Waals surface area (Å²) < 4.78 is 0. The molecule has 1 aromatic heterocycles. The summed E-state index contributed by atoms with van der Waals surface area (Å²) in [6.07, 6.45) is 0. The van der Waals surface area contributed by atoms with Crippen LogP contribution in [-0.4, -0.2) is 9.91 Å². The third-order valence-corrected chi connectivity index (χ3v) is 3.29. The lowest BCUT2D eigenvalue weighted by molar-refractivity contribution is -0.384. The first-order valence-electron chi connectivity index (χ1n) is 5.51. The Labute approximate surface area is 109 Å². The molecular weight excluding hydrogens is 250 g/mol. The molecule has 1 unspecified atom stereocenters. The lowest BCUT2D eigenvalue weighted by Crippen LogP contribution is -2.18. The minimum atomic E-state index is -0.378. The lowest BCUT2D eigenvalue weighted by atomic mass is 10.1. The largest absolute Gasteiger partial charge is 0.305 e. The predicted octanol–water partition coefficient (Wildman–Crippen LogP) is 2.90. The summed E-state index contributed by atoms with van der Waals surface area (Å²) in [6, 6.07) is 6.72. The molecule has 1 atom stereocenters. The summed E-state index contributed by atoms with van der Waals surface area (Å²) in [5.41, 5.74) is 3.79. The second kappa shape index (κ2) is 5.70. The highest BCUT2D eigenvalue weighted by Crippen LogP contribution is 2.19. The van der Waals surface area contributed by atoms with Gasteiger partial charge in [-0.25, -0.2) is 4.98 Å². The standard InChI is InChI=1S/C12H13N3O2S/c1-9(13-6-11-7-18-8-14-11)10-3-2-4-12(5-10)15(16)17/h2-5,7-9,13H,6H2,1H3. The zero-order valence-corrected chi connectivity index (χ0v) is 10.7. The van der Waals surface area contributed by atoms with E-state index in [0.717, 1.165) is 11.3 Å². The average molecular weight is 263 g/mol. The van der Waals surface area contributed by atoms with Gasteiger partial charge in [0, 0.05) is 30.1 Å². The number of rotatable bonds is 5. The van der Waals surface area contributed by atoms with Crippen LogP contribution >= 0.6 is 11.3 Å². The molecule has 18 heavy (non-hydrogen) atoms. The molecule has 0 aliphatic rings. The van der Waals surface area contributed by atoms with Crippen LogP contribution in [0.3, 0.4) is 0 Å². The number of benzene rings is 1. The number of nitro benzene ring substituents is 1. The normalized spacial score (nSPS) is 12.3. The van der Waals surface area contributed by atoms with Crippen LogP contribution in [0.25, 0.3) is 0 Å². The molecule has 94 valence electrons. The van der Waals surface area contributed by atoms with E-state index in [1.54, 1.807) is 29.0 Å². The van der Waals surface area contributed by atoms with E-state index in [1.165, 1.54) is 6.07 Å². The first kappa shape index (κ1) is 12.7. The van der Waals surface area contributed by atoms with Crippen molar-refractivity contribution in [3.63, 3.8) is 0 Å². The summed E-state index contributed by atoms with van der Waals surface area (Å²) in [6.45, 7) is 2.64. The Hall–Kier alpha value is -1.79. The number of nitro groups is 1. The van der Waals surface area contributed by atoms with E-state index in [2.05, 4.69) is 10.3 Å². The first-order valence-corrected chi connectivity index (χ1v) is 6.46. The van der Waals surface area contributed by atoms with Crippen LogP contribution < -0.4 is 5.32 Å². The number of hydrogen-bond donors (Lipinski definition) is 1. The van der Waals surface area contributed by atoms with E-state index in [9.17, 15) is 10.1 Å². The molecule has 5 nitrogen and oxygen atoms in total. The Morgan fingerprint density at radius 3 is 3.06 bits per heavy atom. The molecule has 0 bridgehead atoms. The summed E-state index contributed by atoms with van der Waals surface area (Å²) in [5, 5.41) is 16.0. The number of nitrogens with one attached hydrogen (secondary N) is 1. The molecule has 0 radical (unpaired) electrons. The number of non-ortho nitro benzene ring substituents is 1. The van der Waals surface area contributed by atoms with Crippen molar-refractivity contribution in [1.82, 2.24) is 10.3 Å². The topological polar surface area (TPSA) is 68.1 Å². The van der Waals surface area contributed by atoms with Crippen molar-refractivity contribution in [2.75, 3.05) is 0 Å². The maximum atomic E-state index is 10.7. The maximum absolute atomic E-state index is 10.7. The number of aromatic nitrogens is 1. The van der Waals surface area contributed by atoms with Gasteiger partial charge in [0.15, 0.2) is 0 Å². The van der Waals surface area contributed by atoms with E-state index in [4.69, 9.17) is 0 Å². The first-order chi connectivity index (χ1) is 8.66. The van der Waals surface area contributed by atoms with Crippen LogP contribution in [0.4, 0.5) is 5.69 Å². The molecule has 0 saturated heterocycles. The highest BCUT2D eigenvalue weighted by Gasteiger charge is 2.10. The Kier molecular flexibility index (Phi) is 4.01. The van der Waals surface area contributed by atoms with Crippen molar-refractivity contribution in [3.8, 4) is 0 Å². The van der Waals surface area contributed by atoms with Gasteiger partial charge in [-0.05, 0) is 12.5 Å². The van der Waals surface area contributed by atoms with Crippen molar-refractivity contribution >= 4 is 17.0 Å². The van der Waals surface area contributed by atoms with E-state index in [1.807, 2.05) is 18.4 Å². The quantitative estimate of drug-likeness (QED) is 0.665. The van der Waals surface area contributed by atoms with Crippen LogP contribution in [-0.2, 0) is 6.54 Å². The fraction of sp³-hybridized carbons (Fsp3) is 0.250. The van der Waals surface area contributed by atoms with Crippen molar-refractivity contribution in [2.45, 2.75) is 19.5 Å². The van der Waals surface area contributed by atoms with Gasteiger partial charge in [0.25, 0.3) is 5.69 Å². The van der Waals surface area contributed by atoms with Crippen LogP contribution in [0.15, 0.2) is 35.2 Å². The fourth-order valence-electron chi connectivity index (χ4n) is 1.61. The third-order valence-electron chi connectivity index (χ3n) is 2.65. The third kappa shape index (κ3) is 3.12. The molecule has 0 saturated carbocycles. The number of hydrogen-bond acceptors (Lipinski definition) is 5. The van der Waals surface area contributed by atoms with Gasteiger partial charge in [0.1, 0.15) is 0 Å². The summed E-state index contributed by atoms with van der Waals surface area (Å²) in [4.78, 5) is 14.5. The van der Waals surface area contributed by atoms with Crippen molar-refractivity contribution in [1.29, 1.82) is 0 Å². The minimum Gasteiger partial charge on any atom is -0.305 e. The van der Waals surface area contributed by atoms with E-state index >= 15 is 0 Å². The van der Waals surface area contributed by atoms with Gasteiger partial charge in [-0.1, -0.05) is 12.1 Å². The molecular formula is C12H13N3O2S. The SMILES string of the molecule is CC(NCc1cscn1)c1cccc([N+](=O)[O-])c1. The second-order valence-electron chi connectivity index (χ2n) is 3.93. The van der Waals surface area contributed by atoms with Crippen molar-refractivity contribution in [3.05, 3.63) is 56.5 Å². The molecule has 0 amide bonds. The van der Waals surface area contributed by atoms with Gasteiger partial charge in [0.2, 0.25) is 0 Å². The number of thiazole rings is 1. The van der Waals surface area contributed by atoms with Crippen LogP contribution in [0.5, 0.6) is 0 Å². The van der Waals surface area contributed by atoms with Crippen LogP contribution in [0, 0.1) is 10.1 Å². The Balaban J connectivity index is 2.02. The zero-order valence-electron chi connectivity index (χ0n) is 9.87. The minimum absolute atomic E-state index is 0.0478. The smallest absolute Gasteiger partial charge is 0.269 e. The monoisotopic (exact) mass is 263 g/mol. The van der Waals surface area contributed by atoms with Crippen LogP contribution in [0.1, 0.15) is 24.2 Å². The summed E-state index contributed by atoms with van der Waals surface area (Å²) in [5.74, 6) is 0. The Morgan fingerprint density at radius 2 is 2.39 bits per heavy atom. The molecule has 6 heteroatoms. The van der Waals surface area contributed by atoms with Gasteiger partial charge in [0.05, 0.1) is 16.1 Å². The molecule has 1 aromatic carbocycles. The van der Waals surface area contributed by atoms with Crippen LogP contribution in [0.2, 0.25) is 0 Å². The Bertz CT molecular complexity index is 528. The number of nitrogens with zero attached hydrogens (tertiary/aromatic N) is 2. The predicted molar refractivity (Wildman–Crippen MR) is 70.5 cm³/mol. The maximum Gasteiger partial charge on any atom is 0.269 e. The summed E-state index contributed by atoms with van der Waals surface area (Å²) in [7, 11) is 0. The second-order valence-corrected chi connectivity index (χ2v) is 4.65. The van der Waals surface area contributed by atoms with Gasteiger partial charge in [-0.15, -0.1) is 11.3 Å². The van der Waals surface area contributed by atoms with Crippen molar-refractivity contribution < 1.29 is 4.92 Å². The van der Waals surface area contributed by atoms with Gasteiger partial charge in [-0.2, -0.15) is 0 Å². The summed E-state index contributed by atoms with van der Waals surface area (Å²) >= 11 is 1.55. The molecule has 0 spiro atoms. The fourth-order valence-corrected chi connectivity index (χ4v) is 2.17. The lowest BCUT2D eigenvalue weighted by Gasteiger charge is -2.13. The molecule has 0 aliphatic carbocycles. The molecule has 2 rings (SSSR count). The molecule has 2 aromatic rings. The highest BCUT2D eigenvalue weighted by atomic mass is 32.1. The molecule has 1 N–H and O–H groups in total. The van der Waals surface area contributed by atoms with E-state index < -0.39 is 0 Å². The van der Waals surface area contributed by atoms with E-state index in [0.29, 0.717) is 6.54 Å². The van der Waals surface area contributed by atoms with Crippen molar-refractivity contribution in [2.24, 2.45) is 0 Å². The highest BCUT2D eigenvalue weighted by molar-refractivity contribution is 7.07. The van der Waals surface area contributed by atoms with Gasteiger partial charge >= 0.3 is 0 Å². The average Bonchev–Trinajstić information content (AvgIpc) is 2.89. The van der Waals surface area contributed by atoms with E-state index in [-0.39, 0.29) is 16.7 Å². The Morgan fingerprint density at radius 1 is 1.56 bits per heavy atom. The molecule has 0 aliphatic heterocycles. The molecule has 1 heterocycles.